The number of benzene rings is 1. The maximum Gasteiger partial charge on any atom is 0.407 e. The van der Waals surface area contributed by atoms with E-state index in [2.05, 4.69) is 5.16 Å². The molecular weight excluding hydrogens is 398 g/mol. The predicted molar refractivity (Wildman–Crippen MR) is 98.9 cm³/mol. The van der Waals surface area contributed by atoms with Crippen molar-refractivity contribution in [2.24, 2.45) is 0 Å². The molecule has 0 radical (unpaired) electrons. The zero-order chi connectivity index (χ0) is 21.0. The zero-order valence-corrected chi connectivity index (χ0v) is 16.0. The summed E-state index contributed by atoms with van der Waals surface area (Å²) in [7, 11) is 0. The van der Waals surface area contributed by atoms with Crippen molar-refractivity contribution in [2.45, 2.75) is 62.6 Å². The summed E-state index contributed by atoms with van der Waals surface area (Å²) in [5.74, 6) is -2.14. The first-order valence-electron chi connectivity index (χ1n) is 10.1. The Balaban J connectivity index is 1.44. The van der Waals surface area contributed by atoms with Crippen LogP contribution >= 0.6 is 0 Å². The highest BCUT2D eigenvalue weighted by molar-refractivity contribution is 5.97. The van der Waals surface area contributed by atoms with Crippen molar-refractivity contribution in [3.8, 4) is 11.3 Å². The molecule has 0 spiro atoms. The molecule has 30 heavy (non-hydrogen) atoms. The third kappa shape index (κ3) is 3.12. The predicted octanol–water partition coefficient (Wildman–Crippen LogP) is 4.33. The lowest BCUT2D eigenvalue weighted by atomic mass is 9.99. The third-order valence-electron chi connectivity index (χ3n) is 6.25. The molecule has 1 unspecified atom stereocenters. The molecule has 1 N–H and O–H groups in total. The number of ether oxygens (including phenoxy) is 1. The fraction of sp³-hybridized carbons (Fsp3) is 0.476. The Morgan fingerprint density at radius 1 is 1.10 bits per heavy atom. The lowest BCUT2D eigenvalue weighted by Crippen LogP contribution is -2.48. The van der Waals surface area contributed by atoms with E-state index < -0.39 is 35.4 Å². The van der Waals surface area contributed by atoms with Gasteiger partial charge in [0.1, 0.15) is 29.0 Å². The number of hydrogen-bond acceptors (Lipinski definition) is 5. The van der Waals surface area contributed by atoms with Crippen LogP contribution in [0.15, 0.2) is 22.7 Å². The molecule has 158 valence electrons. The topological polar surface area (TPSA) is 92.9 Å². The molecule has 3 heterocycles. The van der Waals surface area contributed by atoms with Gasteiger partial charge >= 0.3 is 12.1 Å². The zero-order valence-electron chi connectivity index (χ0n) is 16.0. The number of nitrogens with zero attached hydrogens (tertiary/aromatic N) is 2. The first kappa shape index (κ1) is 19.0. The lowest BCUT2D eigenvalue weighted by Gasteiger charge is -2.36. The first-order chi connectivity index (χ1) is 14.4. The summed E-state index contributed by atoms with van der Waals surface area (Å²) in [5, 5.41) is 13.2. The van der Waals surface area contributed by atoms with Crippen molar-refractivity contribution in [3.63, 3.8) is 0 Å². The van der Waals surface area contributed by atoms with Gasteiger partial charge in [-0.3, -0.25) is 0 Å². The number of halogens is 2. The molecule has 2 saturated heterocycles. The Labute approximate surface area is 170 Å². The highest BCUT2D eigenvalue weighted by atomic mass is 19.1. The number of fused-ring (bicyclic) bond motifs is 2. The Bertz CT molecular complexity index is 985. The molecule has 1 amide bonds. The van der Waals surface area contributed by atoms with Gasteiger partial charge < -0.3 is 19.3 Å². The van der Waals surface area contributed by atoms with Gasteiger partial charge in [-0.25, -0.2) is 18.4 Å². The number of aromatic nitrogens is 1. The number of carbonyl (C=O) groups is 2. The molecule has 2 bridgehead atoms. The van der Waals surface area contributed by atoms with Gasteiger partial charge in [0.25, 0.3) is 0 Å². The Hall–Kier alpha value is -2.97. The van der Waals surface area contributed by atoms with Crippen molar-refractivity contribution in [3.05, 3.63) is 41.2 Å². The summed E-state index contributed by atoms with van der Waals surface area (Å²) in [5.41, 5.74) is -0.640. The summed E-state index contributed by atoms with van der Waals surface area (Å²) in [6.45, 7) is 0. The van der Waals surface area contributed by atoms with Crippen LogP contribution in [0.25, 0.3) is 11.3 Å². The second kappa shape index (κ2) is 7.07. The van der Waals surface area contributed by atoms with Gasteiger partial charge in [-0.15, -0.1) is 0 Å². The highest BCUT2D eigenvalue weighted by Crippen LogP contribution is 2.45. The van der Waals surface area contributed by atoms with Crippen LogP contribution in [0, 0.1) is 11.6 Å². The van der Waals surface area contributed by atoms with Crippen LogP contribution in [0.5, 0.6) is 0 Å². The van der Waals surface area contributed by atoms with Crippen LogP contribution in [-0.2, 0) is 4.74 Å². The molecule has 1 aromatic carbocycles. The largest absolute Gasteiger partial charge is 0.465 e. The molecule has 1 saturated carbocycles. The van der Waals surface area contributed by atoms with Crippen molar-refractivity contribution in [2.75, 3.05) is 0 Å². The number of piperidine rings is 1. The molecule has 1 aliphatic carbocycles. The summed E-state index contributed by atoms with van der Waals surface area (Å²) >= 11 is 0. The fourth-order valence-electron chi connectivity index (χ4n) is 4.76. The highest BCUT2D eigenvalue weighted by Gasteiger charge is 2.45. The van der Waals surface area contributed by atoms with E-state index in [9.17, 15) is 23.5 Å². The van der Waals surface area contributed by atoms with E-state index in [1.165, 1.54) is 11.0 Å². The minimum atomic E-state index is -0.959. The van der Waals surface area contributed by atoms with Crippen LogP contribution in [0.1, 0.15) is 60.6 Å². The van der Waals surface area contributed by atoms with Crippen molar-refractivity contribution in [1.82, 2.24) is 10.1 Å². The second-order valence-electron chi connectivity index (χ2n) is 8.21. The molecule has 2 aromatic rings. The Morgan fingerprint density at radius 2 is 1.73 bits per heavy atom. The van der Waals surface area contributed by atoms with E-state index in [1.807, 2.05) is 0 Å². The van der Waals surface area contributed by atoms with Gasteiger partial charge in [-0.05, 0) is 37.8 Å². The Kier molecular flexibility index (Phi) is 4.48. The Morgan fingerprint density at radius 3 is 2.30 bits per heavy atom. The molecular formula is C21H20F2N2O5. The van der Waals surface area contributed by atoms with Crippen LogP contribution < -0.4 is 0 Å². The summed E-state index contributed by atoms with van der Waals surface area (Å²) in [4.78, 5) is 26.0. The van der Waals surface area contributed by atoms with Gasteiger partial charge in [-0.2, -0.15) is 0 Å². The number of carboxylic acid groups (broad SMARTS) is 1. The van der Waals surface area contributed by atoms with Crippen LogP contribution in [0.2, 0.25) is 0 Å². The minimum Gasteiger partial charge on any atom is -0.465 e. The number of hydrogen-bond donors (Lipinski definition) is 1. The summed E-state index contributed by atoms with van der Waals surface area (Å²) in [6.07, 6.45) is 2.45. The standard InChI is InChI=1S/C21H20F2N2O5/c22-14-2-1-3-15(23)16(14)18-17(19(30-24-18)10-4-5-10)20(26)29-13-8-11-6-7-12(9-13)25(11)21(27)28/h1-3,10-13H,4-9H2,(H,27,28)/t11-,12+,13?. The quantitative estimate of drug-likeness (QED) is 0.743. The second-order valence-corrected chi connectivity index (χ2v) is 8.21. The van der Waals surface area contributed by atoms with Gasteiger partial charge in [0.15, 0.2) is 5.76 Å². The summed E-state index contributed by atoms with van der Waals surface area (Å²) < 4.78 is 39.7. The average Bonchev–Trinajstić information content (AvgIpc) is 3.38. The van der Waals surface area contributed by atoms with E-state index in [4.69, 9.17) is 9.26 Å². The number of esters is 1. The van der Waals surface area contributed by atoms with Crippen LogP contribution in [-0.4, -0.2) is 45.4 Å². The molecule has 2 aliphatic heterocycles. The number of rotatable bonds is 4. The van der Waals surface area contributed by atoms with Crippen molar-refractivity contribution in [1.29, 1.82) is 0 Å². The van der Waals surface area contributed by atoms with Gasteiger partial charge in [0, 0.05) is 30.8 Å². The van der Waals surface area contributed by atoms with E-state index in [1.54, 1.807) is 0 Å². The number of amides is 1. The van der Waals surface area contributed by atoms with E-state index in [0.29, 0.717) is 18.6 Å². The molecule has 3 atom stereocenters. The monoisotopic (exact) mass is 418 g/mol. The third-order valence-corrected chi connectivity index (χ3v) is 6.25. The molecule has 5 rings (SSSR count). The maximum absolute atomic E-state index is 14.4. The van der Waals surface area contributed by atoms with Crippen LogP contribution in [0.4, 0.5) is 13.6 Å². The average molecular weight is 418 g/mol. The van der Waals surface area contributed by atoms with Crippen molar-refractivity contribution >= 4 is 12.1 Å². The summed E-state index contributed by atoms with van der Waals surface area (Å²) in [6, 6.07) is 3.05. The minimum absolute atomic E-state index is 0.0197. The first-order valence-corrected chi connectivity index (χ1v) is 10.1. The normalized spacial score (nSPS) is 25.4. The molecule has 1 aromatic heterocycles. The van der Waals surface area contributed by atoms with Crippen molar-refractivity contribution < 1.29 is 32.7 Å². The van der Waals surface area contributed by atoms with E-state index in [-0.39, 0.29) is 29.3 Å². The van der Waals surface area contributed by atoms with E-state index in [0.717, 1.165) is 37.8 Å². The van der Waals surface area contributed by atoms with Gasteiger partial charge in [-0.1, -0.05) is 11.2 Å². The molecule has 3 aliphatic rings. The maximum atomic E-state index is 14.4. The lowest BCUT2D eigenvalue weighted by molar-refractivity contribution is -0.00218. The van der Waals surface area contributed by atoms with Crippen LogP contribution in [0.3, 0.4) is 0 Å². The number of carbonyl (C=O) groups excluding carboxylic acids is 1. The fourth-order valence-corrected chi connectivity index (χ4v) is 4.76. The molecule has 3 fully saturated rings. The SMILES string of the molecule is O=C(OC1C[C@H]2CC[C@@H](C1)N2C(=O)O)c1c(-c2c(F)cccc2F)noc1C1CC1. The van der Waals surface area contributed by atoms with E-state index >= 15 is 0 Å². The van der Waals surface area contributed by atoms with Gasteiger partial charge in [0.05, 0.1) is 5.56 Å². The van der Waals surface area contributed by atoms with Gasteiger partial charge in [0.2, 0.25) is 0 Å². The molecule has 7 nitrogen and oxygen atoms in total. The molecule has 9 heteroatoms. The smallest absolute Gasteiger partial charge is 0.407 e.